The number of amides is 1. The van der Waals surface area contributed by atoms with Crippen LogP contribution in [0.15, 0.2) is 56.9 Å². The number of carbonyl (C=O) groups is 1. The average Bonchev–Trinajstić information content (AvgIpc) is 3.12. The molecule has 0 spiro atoms. The number of aryl methyl sites for hydroxylation is 1. The Bertz CT molecular complexity index is 1370. The van der Waals surface area contributed by atoms with Gasteiger partial charge < -0.3 is 9.73 Å². The lowest BCUT2D eigenvalue weighted by Crippen LogP contribution is -2.22. The number of anilines is 1. The fraction of sp³-hybridized carbons (Fsp3) is 0.182. The van der Waals surface area contributed by atoms with Crippen molar-refractivity contribution in [1.29, 1.82) is 0 Å². The highest BCUT2D eigenvalue weighted by atomic mass is 35.5. The summed E-state index contributed by atoms with van der Waals surface area (Å²) in [4.78, 5) is 14.9. The Balaban J connectivity index is 1.60. The third-order valence-corrected chi connectivity index (χ3v) is 6.91. The van der Waals surface area contributed by atoms with Crippen LogP contribution in [0.5, 0.6) is 0 Å². The van der Waals surface area contributed by atoms with Gasteiger partial charge in [-0.3, -0.25) is 4.79 Å². The number of fused-ring (bicyclic) bond motifs is 1. The summed E-state index contributed by atoms with van der Waals surface area (Å²) in [5.74, 6) is -0.415. The molecule has 1 heterocycles. The number of benzene rings is 2. The van der Waals surface area contributed by atoms with Gasteiger partial charge in [0.2, 0.25) is 0 Å². The van der Waals surface area contributed by atoms with Gasteiger partial charge in [0.15, 0.2) is 5.76 Å². The topological polar surface area (TPSA) is 101 Å². The molecule has 7 nitrogen and oxygen atoms in total. The largest absolute Gasteiger partial charge is 0.455 e. The van der Waals surface area contributed by atoms with E-state index in [-0.39, 0.29) is 15.7 Å². The second-order valence-electron chi connectivity index (χ2n) is 7.39. The first-order chi connectivity index (χ1) is 15.7. The number of nitrogens with zero attached hydrogens (tertiary/aromatic N) is 1. The minimum absolute atomic E-state index is 0.0852. The molecule has 0 aliphatic heterocycles. The highest BCUT2D eigenvalue weighted by Crippen LogP contribution is 2.31. The third-order valence-electron chi connectivity index (χ3n) is 5.14. The van der Waals surface area contributed by atoms with Gasteiger partial charge in [0.05, 0.1) is 21.3 Å². The summed E-state index contributed by atoms with van der Waals surface area (Å²) in [5.41, 5.74) is 1.95. The van der Waals surface area contributed by atoms with Gasteiger partial charge in [-0.05, 0) is 62.2 Å². The van der Waals surface area contributed by atoms with E-state index in [1.54, 1.807) is 19.1 Å². The van der Waals surface area contributed by atoms with E-state index in [0.29, 0.717) is 52.6 Å². The van der Waals surface area contributed by atoms with E-state index in [2.05, 4.69) is 15.2 Å². The lowest BCUT2D eigenvalue weighted by molar-refractivity contribution is 0.0994. The Morgan fingerprint density at radius 2 is 1.85 bits per heavy atom. The van der Waals surface area contributed by atoms with Crippen molar-refractivity contribution in [3.8, 4) is 0 Å². The monoisotopic (exact) mass is 509 g/mol. The maximum Gasteiger partial charge on any atom is 0.291 e. The summed E-state index contributed by atoms with van der Waals surface area (Å²) >= 11 is 12.0. The van der Waals surface area contributed by atoms with Crippen molar-refractivity contribution in [2.75, 3.05) is 5.32 Å². The standard InChI is InChI=1S/C22H18Cl2FN3O4S/c1-12-20-18(27-28-33(30,31)15-8-6-14(25)7-9-15)3-2-4-19(20)32-21(12)22(29)26-17-10-5-13(23)11-16(17)24/h5-11,28H,2-4H2,1H3,(H,26,29)/b27-18+. The molecule has 0 unspecified atom stereocenters. The van der Waals surface area contributed by atoms with Crippen LogP contribution < -0.4 is 10.1 Å². The van der Waals surface area contributed by atoms with Crippen molar-refractivity contribution in [3.05, 3.63) is 81.0 Å². The summed E-state index contributed by atoms with van der Waals surface area (Å²) in [6.07, 6.45) is 1.74. The molecule has 2 N–H and O–H groups in total. The second kappa shape index (κ2) is 9.17. The molecule has 1 amide bonds. The van der Waals surface area contributed by atoms with Crippen LogP contribution in [0.25, 0.3) is 0 Å². The quantitative estimate of drug-likeness (QED) is 0.455. The molecule has 0 saturated heterocycles. The first kappa shape index (κ1) is 23.3. The van der Waals surface area contributed by atoms with Crippen LogP contribution in [0.1, 0.15) is 40.3 Å². The first-order valence-electron chi connectivity index (χ1n) is 9.88. The van der Waals surface area contributed by atoms with Gasteiger partial charge in [0.1, 0.15) is 11.6 Å². The van der Waals surface area contributed by atoms with E-state index in [4.69, 9.17) is 27.6 Å². The van der Waals surface area contributed by atoms with Gasteiger partial charge in [-0.25, -0.2) is 4.39 Å². The molecule has 0 bridgehead atoms. The van der Waals surface area contributed by atoms with Gasteiger partial charge >= 0.3 is 0 Å². The highest BCUT2D eigenvalue weighted by molar-refractivity contribution is 7.89. The molecule has 33 heavy (non-hydrogen) atoms. The molecule has 2 aromatic carbocycles. The number of carbonyl (C=O) groups excluding carboxylic acids is 1. The van der Waals surface area contributed by atoms with E-state index in [1.165, 1.54) is 6.07 Å². The van der Waals surface area contributed by atoms with E-state index in [1.807, 2.05) is 0 Å². The molecule has 0 saturated carbocycles. The number of hydrazone groups is 1. The maximum absolute atomic E-state index is 13.1. The van der Waals surface area contributed by atoms with Gasteiger partial charge in [0.25, 0.3) is 15.9 Å². The Morgan fingerprint density at radius 3 is 2.55 bits per heavy atom. The average molecular weight is 510 g/mol. The van der Waals surface area contributed by atoms with Crippen LogP contribution in [0.4, 0.5) is 10.1 Å². The van der Waals surface area contributed by atoms with Crippen LogP contribution in [0.3, 0.4) is 0 Å². The van der Waals surface area contributed by atoms with E-state index < -0.39 is 21.7 Å². The Morgan fingerprint density at radius 1 is 1.12 bits per heavy atom. The van der Waals surface area contributed by atoms with E-state index >= 15 is 0 Å². The Labute approximate surface area is 199 Å². The summed E-state index contributed by atoms with van der Waals surface area (Å²) in [6.45, 7) is 1.70. The van der Waals surface area contributed by atoms with Crippen molar-refractivity contribution >= 4 is 50.5 Å². The highest BCUT2D eigenvalue weighted by Gasteiger charge is 2.28. The molecule has 1 aliphatic carbocycles. The molecule has 1 aliphatic rings. The van der Waals surface area contributed by atoms with E-state index in [0.717, 1.165) is 24.3 Å². The van der Waals surface area contributed by atoms with Crippen LogP contribution in [0.2, 0.25) is 10.0 Å². The van der Waals surface area contributed by atoms with Crippen molar-refractivity contribution in [3.63, 3.8) is 0 Å². The zero-order valence-corrected chi connectivity index (χ0v) is 19.6. The van der Waals surface area contributed by atoms with Crippen molar-refractivity contribution in [2.24, 2.45) is 5.10 Å². The zero-order valence-electron chi connectivity index (χ0n) is 17.3. The predicted molar refractivity (Wildman–Crippen MR) is 124 cm³/mol. The fourth-order valence-corrected chi connectivity index (χ4v) is 4.83. The summed E-state index contributed by atoms with van der Waals surface area (Å²) in [5, 5.41) is 7.51. The van der Waals surface area contributed by atoms with Crippen LogP contribution >= 0.6 is 23.2 Å². The zero-order chi connectivity index (χ0) is 23.8. The minimum Gasteiger partial charge on any atom is -0.455 e. The lowest BCUT2D eigenvalue weighted by atomic mass is 9.93. The number of rotatable bonds is 5. The molecule has 0 radical (unpaired) electrons. The smallest absolute Gasteiger partial charge is 0.291 e. The molecule has 11 heteroatoms. The maximum atomic E-state index is 13.1. The van der Waals surface area contributed by atoms with Crippen molar-refractivity contribution in [1.82, 2.24) is 4.83 Å². The van der Waals surface area contributed by atoms with Crippen LogP contribution in [-0.2, 0) is 16.4 Å². The third kappa shape index (κ3) is 4.90. The predicted octanol–water partition coefficient (Wildman–Crippen LogP) is 5.31. The molecule has 4 rings (SSSR count). The number of furan rings is 1. The molecule has 1 aromatic heterocycles. The Kier molecular flexibility index (Phi) is 6.47. The van der Waals surface area contributed by atoms with Gasteiger partial charge in [-0.15, -0.1) is 0 Å². The molecular weight excluding hydrogens is 492 g/mol. The SMILES string of the molecule is Cc1c(C(=O)Nc2ccc(Cl)cc2Cl)oc2c1/C(=N/NS(=O)(=O)c1ccc(F)cc1)CCC2. The normalized spacial score (nSPS) is 14.7. The fourth-order valence-electron chi connectivity index (χ4n) is 3.55. The Hall–Kier alpha value is -2.88. The molecule has 0 atom stereocenters. The number of nitrogens with one attached hydrogen (secondary N) is 2. The summed E-state index contributed by atoms with van der Waals surface area (Å²) in [6, 6.07) is 9.10. The van der Waals surface area contributed by atoms with Crippen LogP contribution in [-0.4, -0.2) is 20.0 Å². The molecule has 0 fully saturated rings. The second-order valence-corrected chi connectivity index (χ2v) is 9.90. The number of hydrogen-bond donors (Lipinski definition) is 2. The first-order valence-corrected chi connectivity index (χ1v) is 12.1. The van der Waals surface area contributed by atoms with Crippen LogP contribution in [0, 0.1) is 12.7 Å². The van der Waals surface area contributed by atoms with E-state index in [9.17, 15) is 17.6 Å². The summed E-state index contributed by atoms with van der Waals surface area (Å²) in [7, 11) is -3.99. The lowest BCUT2D eigenvalue weighted by Gasteiger charge is -2.14. The van der Waals surface area contributed by atoms with Gasteiger partial charge in [-0.1, -0.05) is 23.2 Å². The van der Waals surface area contributed by atoms with Crippen molar-refractivity contribution in [2.45, 2.75) is 31.1 Å². The molecule has 3 aromatic rings. The number of halogens is 3. The van der Waals surface area contributed by atoms with Gasteiger partial charge in [-0.2, -0.15) is 18.4 Å². The van der Waals surface area contributed by atoms with Gasteiger partial charge in [0, 0.05) is 22.6 Å². The number of hydrogen-bond acceptors (Lipinski definition) is 5. The molecular formula is C22H18Cl2FN3O4S. The molecule has 172 valence electrons. The number of sulfonamides is 1. The summed E-state index contributed by atoms with van der Waals surface area (Å²) < 4.78 is 43.9. The van der Waals surface area contributed by atoms with Crippen molar-refractivity contribution < 1.29 is 22.0 Å². The minimum atomic E-state index is -3.99.